The Morgan fingerprint density at radius 3 is 1.12 bits per heavy atom. The molecule has 0 amide bonds. The van der Waals surface area contributed by atoms with Crippen LogP contribution in [0.1, 0.15) is 158 Å². The Morgan fingerprint density at radius 1 is 0.231 bits per heavy atom. The summed E-state index contributed by atoms with van der Waals surface area (Å²) in [4.78, 5) is 5.46. The number of anilines is 6. The molecular weight excluding hydrogens is 1470 g/mol. The minimum Gasteiger partial charge on any atom is -0.456 e. The normalized spacial score (nSPS) is 13.5. The molecule has 0 saturated carbocycles. The van der Waals surface area contributed by atoms with Crippen molar-refractivity contribution in [2.24, 2.45) is 0 Å². The highest BCUT2D eigenvalue weighted by Crippen LogP contribution is 2.56. The zero-order valence-electron chi connectivity index (χ0n) is 73.1. The van der Waals surface area contributed by atoms with E-state index in [1.54, 1.807) is 0 Å². The standard InChI is InChI=1S/C114H104BN5O/c1-109(2,3)74-42-51-93-86(63-74)87-64-75(110(4,5)6)43-52-94(87)117(93)81-46-49-90-97(67-81)119(100-59-72(69-32-22-19-23-33-69)58-99-105(100)84-38-28-30-40-92(84)116(99)80-36-26-21-27-37-80)101-60-73(71-56-78(113(13,14)15)62-79(57-71)114(16,17)18)61-102-107(101)115(90)91-50-47-82(118-95-53-44-76(111(7,8)9)65-88(95)89-66-77(112(10,11)12)45-54-96(89)118)68-98(91)120(102)108-83(70-34-24-20-25-35-70)48-55-104-106(108)85-39-29-31-41-103(85)121-104/h19-68H,1-18H3. The number of para-hydroxylation sites is 3. The van der Waals surface area contributed by atoms with Crippen LogP contribution in [0.4, 0.5) is 34.1 Å². The van der Waals surface area contributed by atoms with Crippen molar-refractivity contribution in [2.45, 2.75) is 157 Å². The third-order valence-corrected chi connectivity index (χ3v) is 26.5. The van der Waals surface area contributed by atoms with E-state index >= 15 is 0 Å². The molecule has 6 heterocycles. The van der Waals surface area contributed by atoms with Gasteiger partial charge >= 0.3 is 0 Å². The minimum absolute atomic E-state index is 0.0844. The lowest BCUT2D eigenvalue weighted by atomic mass is 9.33. The Morgan fingerprint density at radius 2 is 0.628 bits per heavy atom. The van der Waals surface area contributed by atoms with Gasteiger partial charge in [0.1, 0.15) is 11.2 Å². The molecule has 121 heavy (non-hydrogen) atoms. The molecule has 0 spiro atoms. The van der Waals surface area contributed by atoms with Gasteiger partial charge in [-0.3, -0.25) is 0 Å². The van der Waals surface area contributed by atoms with Gasteiger partial charge in [-0.05, 0) is 244 Å². The fourth-order valence-electron chi connectivity index (χ4n) is 19.8. The maximum atomic E-state index is 7.23. The average Bonchev–Trinajstić information content (AvgIpc) is 1.55. The molecule has 2 aliphatic heterocycles. The first-order chi connectivity index (χ1) is 57.8. The van der Waals surface area contributed by atoms with E-state index in [4.69, 9.17) is 4.42 Å². The van der Waals surface area contributed by atoms with Crippen LogP contribution >= 0.6 is 0 Å². The molecule has 0 atom stereocenters. The molecule has 0 unspecified atom stereocenters. The van der Waals surface area contributed by atoms with Crippen molar-refractivity contribution in [3.05, 3.63) is 337 Å². The van der Waals surface area contributed by atoms with Gasteiger partial charge in [-0.1, -0.05) is 294 Å². The Hall–Kier alpha value is -12.8. The largest absolute Gasteiger partial charge is 0.456 e. The molecule has 6 nitrogen and oxygen atoms in total. The maximum Gasteiger partial charge on any atom is 0.252 e. The lowest BCUT2D eigenvalue weighted by molar-refractivity contribution is 0.569. The molecule has 21 rings (SSSR count). The van der Waals surface area contributed by atoms with E-state index in [0.717, 1.165) is 123 Å². The van der Waals surface area contributed by atoms with Crippen LogP contribution in [0.2, 0.25) is 0 Å². The second-order valence-corrected chi connectivity index (χ2v) is 40.7. The summed E-state index contributed by atoms with van der Waals surface area (Å²) in [7, 11) is 0. The zero-order chi connectivity index (χ0) is 83.6. The number of furan rings is 1. The third-order valence-electron chi connectivity index (χ3n) is 26.5. The monoisotopic (exact) mass is 1570 g/mol. The number of rotatable bonds is 8. The molecule has 0 radical (unpaired) electrons. The van der Waals surface area contributed by atoms with Crippen LogP contribution in [-0.2, 0) is 32.5 Å². The van der Waals surface area contributed by atoms with Gasteiger partial charge in [0.2, 0.25) is 0 Å². The molecule has 0 saturated heterocycles. The molecule has 7 heteroatoms. The summed E-state index contributed by atoms with van der Waals surface area (Å²) in [5, 5.41) is 9.43. The van der Waals surface area contributed by atoms with Crippen LogP contribution in [0.3, 0.4) is 0 Å². The number of nitrogens with zero attached hydrogens (tertiary/aromatic N) is 5. The summed E-state index contributed by atoms with van der Waals surface area (Å²) in [6.07, 6.45) is 0. The highest BCUT2D eigenvalue weighted by atomic mass is 16.3. The molecule has 4 aromatic heterocycles. The summed E-state index contributed by atoms with van der Waals surface area (Å²) in [6, 6.07) is 117. The molecule has 594 valence electrons. The number of aromatic nitrogens is 3. The second-order valence-electron chi connectivity index (χ2n) is 40.7. The van der Waals surface area contributed by atoms with Crippen LogP contribution in [0.5, 0.6) is 0 Å². The van der Waals surface area contributed by atoms with Gasteiger partial charge in [0.05, 0.1) is 49.9 Å². The fraction of sp³-hybridized carbons (Fsp3) is 0.211. The first-order valence-corrected chi connectivity index (χ1v) is 43.4. The summed E-state index contributed by atoms with van der Waals surface area (Å²) >= 11 is 0. The second kappa shape index (κ2) is 26.8. The number of benzene rings is 15. The van der Waals surface area contributed by atoms with Gasteiger partial charge in [-0.25, -0.2) is 0 Å². The SMILES string of the molecule is CC(C)(C)c1cc(-c2cc3c4c(c2)N(c2cc(-c5ccccc5)cc5c2c2ccccc2n5-c2ccccc2)c2cc(-n5c6ccc(C(C)(C)C)cc6c6cc(C(C)(C)C)ccc65)ccc2B4c2ccc(-n4c5ccc(C(C)(C)C)cc5c5cc(C(C)(C)C)ccc54)cc2N3c2c(-c3ccccc3)ccc3oc4ccccc4c23)cc(C(C)(C)C)c1. The highest BCUT2D eigenvalue weighted by molar-refractivity contribution is 7.00. The van der Waals surface area contributed by atoms with Crippen molar-refractivity contribution in [1.82, 2.24) is 13.7 Å². The molecule has 15 aromatic carbocycles. The lowest BCUT2D eigenvalue weighted by Gasteiger charge is -2.45. The smallest absolute Gasteiger partial charge is 0.252 e. The van der Waals surface area contributed by atoms with Crippen LogP contribution in [-0.4, -0.2) is 20.4 Å². The zero-order valence-corrected chi connectivity index (χ0v) is 73.1. The lowest BCUT2D eigenvalue weighted by Crippen LogP contribution is -2.61. The van der Waals surface area contributed by atoms with Crippen molar-refractivity contribution in [3.8, 4) is 50.4 Å². The van der Waals surface area contributed by atoms with E-state index < -0.39 is 0 Å². The van der Waals surface area contributed by atoms with Crippen LogP contribution in [0, 0.1) is 0 Å². The van der Waals surface area contributed by atoms with Crippen LogP contribution in [0.15, 0.2) is 308 Å². The van der Waals surface area contributed by atoms with E-state index in [2.05, 4.69) is 451 Å². The quantitative estimate of drug-likeness (QED) is 0.142. The Kier molecular flexibility index (Phi) is 16.8. The van der Waals surface area contributed by atoms with Gasteiger partial charge in [0, 0.05) is 83.1 Å². The molecule has 19 aromatic rings. The van der Waals surface area contributed by atoms with Crippen LogP contribution in [0.25, 0.3) is 138 Å². The first kappa shape index (κ1) is 75.6. The van der Waals surface area contributed by atoms with Crippen LogP contribution < -0.4 is 26.2 Å². The molecule has 0 aliphatic carbocycles. The Balaban J connectivity index is 0.968. The predicted octanol–water partition coefficient (Wildman–Crippen LogP) is 29.7. The maximum absolute atomic E-state index is 7.23. The Labute approximate surface area is 712 Å². The van der Waals surface area contributed by atoms with Crippen molar-refractivity contribution in [2.75, 3.05) is 9.80 Å². The fourth-order valence-corrected chi connectivity index (χ4v) is 19.8. The summed E-state index contributed by atoms with van der Waals surface area (Å²) in [5.41, 5.74) is 35.8. The topological polar surface area (TPSA) is 34.4 Å². The van der Waals surface area contributed by atoms with Crippen molar-refractivity contribution in [3.63, 3.8) is 0 Å². The van der Waals surface area contributed by atoms with Gasteiger partial charge in [0.15, 0.2) is 0 Å². The number of fused-ring (bicyclic) bond motifs is 16. The van der Waals surface area contributed by atoms with Crippen molar-refractivity contribution in [1.29, 1.82) is 0 Å². The number of hydrogen-bond acceptors (Lipinski definition) is 3. The van der Waals surface area contributed by atoms with E-state index in [1.165, 1.54) is 98.8 Å². The van der Waals surface area contributed by atoms with Crippen molar-refractivity contribution >= 4 is 145 Å². The average molecular weight is 1570 g/mol. The summed E-state index contributed by atoms with van der Waals surface area (Å²) in [5.74, 6) is 0. The summed E-state index contributed by atoms with van der Waals surface area (Å²) < 4.78 is 14.9. The van der Waals surface area contributed by atoms with E-state index in [-0.39, 0.29) is 39.2 Å². The highest BCUT2D eigenvalue weighted by Gasteiger charge is 2.46. The van der Waals surface area contributed by atoms with Gasteiger partial charge < -0.3 is 27.9 Å². The molecule has 0 fully saturated rings. The first-order valence-electron chi connectivity index (χ1n) is 43.4. The van der Waals surface area contributed by atoms with Gasteiger partial charge in [0.25, 0.3) is 6.71 Å². The van der Waals surface area contributed by atoms with E-state index in [9.17, 15) is 0 Å². The number of hydrogen-bond donors (Lipinski definition) is 0. The van der Waals surface area contributed by atoms with E-state index in [0.29, 0.717) is 0 Å². The predicted molar refractivity (Wildman–Crippen MR) is 519 cm³/mol. The third kappa shape index (κ3) is 12.2. The van der Waals surface area contributed by atoms with Gasteiger partial charge in [-0.2, -0.15) is 0 Å². The summed E-state index contributed by atoms with van der Waals surface area (Å²) in [6.45, 7) is 42.0. The van der Waals surface area contributed by atoms with Gasteiger partial charge in [-0.15, -0.1) is 0 Å². The molecule has 0 N–H and O–H groups in total. The van der Waals surface area contributed by atoms with Crippen molar-refractivity contribution < 1.29 is 4.42 Å². The molecule has 0 bridgehead atoms. The minimum atomic E-state index is -0.326. The Bertz CT molecular complexity index is 7330. The molecular formula is C114H104BN5O. The molecule has 2 aliphatic rings. The van der Waals surface area contributed by atoms with E-state index in [1.807, 2.05) is 0 Å².